The summed E-state index contributed by atoms with van der Waals surface area (Å²) in [6.07, 6.45) is 0. The zero-order chi connectivity index (χ0) is 15.6. The third-order valence-corrected chi connectivity index (χ3v) is 3.51. The average Bonchev–Trinajstić information content (AvgIpc) is 2.99. The first kappa shape index (κ1) is 14.6. The quantitative estimate of drug-likeness (QED) is 0.709. The number of hydrogen-bond acceptors (Lipinski definition) is 8. The fraction of sp³-hybridized carbons (Fsp3) is 0.429. The molecule has 1 aromatic carbocycles. The third-order valence-electron chi connectivity index (χ3n) is 3.51. The highest BCUT2D eigenvalue weighted by molar-refractivity contribution is 5.61. The van der Waals surface area contributed by atoms with E-state index in [2.05, 4.69) is 20.8 Å². The molecule has 2 aromatic rings. The standard InChI is InChI=1S/C14H18N4O4/c1-20-10-3-9(4-11(5-10)21-2)12-17-13(22-18-12)16-8-14(19)6-15-7-14/h3-5,15,19H,6-8H2,1-2H3,(H,16,17,18). The summed E-state index contributed by atoms with van der Waals surface area (Å²) < 4.78 is 15.6. The van der Waals surface area contributed by atoms with Crippen molar-refractivity contribution in [3.05, 3.63) is 18.2 Å². The summed E-state index contributed by atoms with van der Waals surface area (Å²) in [6, 6.07) is 5.61. The van der Waals surface area contributed by atoms with Gasteiger partial charge in [-0.05, 0) is 12.1 Å². The van der Waals surface area contributed by atoms with Gasteiger partial charge in [-0.2, -0.15) is 4.98 Å². The minimum atomic E-state index is -0.756. The first-order valence-electron chi connectivity index (χ1n) is 6.86. The van der Waals surface area contributed by atoms with Gasteiger partial charge in [-0.1, -0.05) is 5.16 Å². The van der Waals surface area contributed by atoms with Crippen LogP contribution in [-0.4, -0.2) is 54.7 Å². The fourth-order valence-corrected chi connectivity index (χ4v) is 2.13. The summed E-state index contributed by atoms with van der Waals surface area (Å²) in [4.78, 5) is 4.26. The van der Waals surface area contributed by atoms with E-state index in [1.165, 1.54) is 0 Å². The average molecular weight is 306 g/mol. The molecule has 1 fully saturated rings. The molecule has 3 rings (SSSR count). The Kier molecular flexibility index (Phi) is 3.86. The molecule has 0 saturated carbocycles. The van der Waals surface area contributed by atoms with Crippen molar-refractivity contribution in [2.75, 3.05) is 39.2 Å². The van der Waals surface area contributed by atoms with Gasteiger partial charge in [0.15, 0.2) is 0 Å². The van der Waals surface area contributed by atoms with Crippen molar-refractivity contribution < 1.29 is 19.1 Å². The molecule has 0 atom stereocenters. The van der Waals surface area contributed by atoms with Crippen LogP contribution in [0.1, 0.15) is 0 Å². The molecule has 0 unspecified atom stereocenters. The topological polar surface area (TPSA) is 102 Å². The lowest BCUT2D eigenvalue weighted by molar-refractivity contribution is 0.00263. The molecule has 3 N–H and O–H groups in total. The Labute approximate surface area is 127 Å². The van der Waals surface area contributed by atoms with Gasteiger partial charge in [-0.15, -0.1) is 0 Å². The number of benzene rings is 1. The Morgan fingerprint density at radius 3 is 2.50 bits per heavy atom. The Hall–Kier alpha value is -2.32. The summed E-state index contributed by atoms with van der Waals surface area (Å²) in [5.41, 5.74) is -0.0367. The molecule has 0 amide bonds. The van der Waals surface area contributed by atoms with Gasteiger partial charge < -0.3 is 29.7 Å². The van der Waals surface area contributed by atoms with Crippen molar-refractivity contribution in [2.24, 2.45) is 0 Å². The van der Waals surface area contributed by atoms with Crippen molar-refractivity contribution in [1.82, 2.24) is 15.5 Å². The zero-order valence-electron chi connectivity index (χ0n) is 12.4. The molecule has 1 aliphatic rings. The number of ether oxygens (including phenoxy) is 2. The maximum atomic E-state index is 9.98. The molecule has 0 bridgehead atoms. The van der Waals surface area contributed by atoms with Gasteiger partial charge in [-0.25, -0.2) is 0 Å². The number of anilines is 1. The van der Waals surface area contributed by atoms with Crippen LogP contribution in [0.4, 0.5) is 6.01 Å². The number of rotatable bonds is 6. The van der Waals surface area contributed by atoms with E-state index in [0.29, 0.717) is 37.0 Å². The molecular weight excluding hydrogens is 288 g/mol. The molecule has 2 heterocycles. The summed E-state index contributed by atoms with van der Waals surface area (Å²) in [7, 11) is 3.16. The molecule has 0 aliphatic carbocycles. The lowest BCUT2D eigenvalue weighted by Gasteiger charge is -2.37. The first-order valence-corrected chi connectivity index (χ1v) is 6.86. The normalized spacial score (nSPS) is 16.0. The monoisotopic (exact) mass is 306 g/mol. The number of aromatic nitrogens is 2. The maximum Gasteiger partial charge on any atom is 0.321 e. The Morgan fingerprint density at radius 1 is 1.27 bits per heavy atom. The van der Waals surface area contributed by atoms with Crippen LogP contribution in [0.5, 0.6) is 11.5 Å². The Morgan fingerprint density at radius 2 is 1.95 bits per heavy atom. The van der Waals surface area contributed by atoms with Crippen molar-refractivity contribution in [1.29, 1.82) is 0 Å². The lowest BCUT2D eigenvalue weighted by Crippen LogP contribution is -2.63. The largest absolute Gasteiger partial charge is 0.497 e. The molecule has 0 spiro atoms. The predicted octanol–water partition coefficient (Wildman–Crippen LogP) is 0.500. The Balaban J connectivity index is 1.75. The van der Waals surface area contributed by atoms with E-state index in [1.807, 2.05) is 0 Å². The van der Waals surface area contributed by atoms with Gasteiger partial charge >= 0.3 is 6.01 Å². The van der Waals surface area contributed by atoms with Gasteiger partial charge in [0.2, 0.25) is 5.82 Å². The predicted molar refractivity (Wildman–Crippen MR) is 79.1 cm³/mol. The second kappa shape index (κ2) is 5.82. The van der Waals surface area contributed by atoms with Crippen molar-refractivity contribution in [2.45, 2.75) is 5.60 Å². The summed E-state index contributed by atoms with van der Waals surface area (Å²) in [5, 5.41) is 19.9. The second-order valence-electron chi connectivity index (χ2n) is 5.21. The van der Waals surface area contributed by atoms with E-state index < -0.39 is 5.60 Å². The smallest absolute Gasteiger partial charge is 0.321 e. The molecule has 1 aromatic heterocycles. The molecular formula is C14H18N4O4. The van der Waals surface area contributed by atoms with Crippen molar-refractivity contribution in [3.63, 3.8) is 0 Å². The maximum absolute atomic E-state index is 9.98. The summed E-state index contributed by atoms with van der Waals surface area (Å²) >= 11 is 0. The molecule has 1 aliphatic heterocycles. The Bertz CT molecular complexity index is 632. The number of methoxy groups -OCH3 is 2. The number of nitrogens with one attached hydrogen (secondary N) is 2. The third kappa shape index (κ3) is 2.97. The van der Waals surface area contributed by atoms with Crippen LogP contribution in [0.3, 0.4) is 0 Å². The number of β-amino-alcohol motifs (C(OH)–C–C–N with tert-alkyl or cyclic N) is 1. The van der Waals surface area contributed by atoms with E-state index in [0.717, 1.165) is 5.56 Å². The molecule has 1 saturated heterocycles. The molecule has 22 heavy (non-hydrogen) atoms. The van der Waals surface area contributed by atoms with Gasteiger partial charge in [-0.3, -0.25) is 0 Å². The zero-order valence-corrected chi connectivity index (χ0v) is 12.4. The summed E-state index contributed by atoms with van der Waals surface area (Å²) in [5.74, 6) is 1.70. The van der Waals surface area contributed by atoms with Crippen LogP contribution in [0.25, 0.3) is 11.4 Å². The lowest BCUT2D eigenvalue weighted by atomic mass is 9.98. The SMILES string of the molecule is COc1cc(OC)cc(-c2noc(NCC3(O)CNC3)n2)c1. The number of aliphatic hydroxyl groups is 1. The van der Waals surface area contributed by atoms with Crippen LogP contribution >= 0.6 is 0 Å². The fourth-order valence-electron chi connectivity index (χ4n) is 2.13. The van der Waals surface area contributed by atoms with E-state index >= 15 is 0 Å². The second-order valence-corrected chi connectivity index (χ2v) is 5.21. The van der Waals surface area contributed by atoms with E-state index in [-0.39, 0.29) is 6.01 Å². The van der Waals surface area contributed by atoms with Crippen LogP contribution in [0.15, 0.2) is 22.7 Å². The van der Waals surface area contributed by atoms with Crippen molar-refractivity contribution in [3.8, 4) is 22.9 Å². The first-order chi connectivity index (χ1) is 10.6. The van der Waals surface area contributed by atoms with Crippen LogP contribution in [0, 0.1) is 0 Å². The van der Waals surface area contributed by atoms with Gasteiger partial charge in [0.1, 0.15) is 17.1 Å². The molecule has 118 valence electrons. The van der Waals surface area contributed by atoms with E-state index in [1.54, 1.807) is 32.4 Å². The number of hydrogen-bond donors (Lipinski definition) is 3. The van der Waals surface area contributed by atoms with E-state index in [9.17, 15) is 5.11 Å². The highest BCUT2D eigenvalue weighted by atomic mass is 16.5. The summed E-state index contributed by atoms with van der Waals surface area (Å²) in [6.45, 7) is 1.45. The molecule has 0 radical (unpaired) electrons. The van der Waals surface area contributed by atoms with Crippen molar-refractivity contribution >= 4 is 6.01 Å². The van der Waals surface area contributed by atoms with E-state index in [4.69, 9.17) is 14.0 Å². The molecule has 8 heteroatoms. The van der Waals surface area contributed by atoms with Gasteiger partial charge in [0, 0.05) is 24.7 Å². The highest BCUT2D eigenvalue weighted by Crippen LogP contribution is 2.28. The van der Waals surface area contributed by atoms with Crippen LogP contribution < -0.4 is 20.1 Å². The van der Waals surface area contributed by atoms with Crippen LogP contribution in [-0.2, 0) is 0 Å². The van der Waals surface area contributed by atoms with Gasteiger partial charge in [0.05, 0.1) is 20.8 Å². The molecule has 8 nitrogen and oxygen atoms in total. The number of nitrogens with zero attached hydrogens (tertiary/aromatic N) is 2. The minimum absolute atomic E-state index is 0.261. The van der Waals surface area contributed by atoms with Gasteiger partial charge in [0.25, 0.3) is 0 Å². The van der Waals surface area contributed by atoms with Crippen LogP contribution in [0.2, 0.25) is 0 Å². The highest BCUT2D eigenvalue weighted by Gasteiger charge is 2.34. The minimum Gasteiger partial charge on any atom is -0.497 e.